The van der Waals surface area contributed by atoms with Crippen LogP contribution in [0.25, 0.3) is 0 Å². The van der Waals surface area contributed by atoms with E-state index in [1.54, 1.807) is 0 Å². The molecule has 1 unspecified atom stereocenters. The second kappa shape index (κ2) is 11.1. The Morgan fingerprint density at radius 3 is 2.38 bits per heavy atom. The number of sulfone groups is 1. The van der Waals surface area contributed by atoms with E-state index in [4.69, 9.17) is 4.74 Å². The largest absolute Gasteiger partial charge is 0.491 e. The average Bonchev–Trinajstić information content (AvgIpc) is 2.53. The van der Waals surface area contributed by atoms with Gasteiger partial charge in [-0.1, -0.05) is 12.1 Å². The van der Waals surface area contributed by atoms with Crippen molar-refractivity contribution in [3.8, 4) is 5.75 Å². The van der Waals surface area contributed by atoms with Crippen LogP contribution in [0.15, 0.2) is 29.3 Å². The van der Waals surface area contributed by atoms with Crippen molar-refractivity contribution in [3.05, 3.63) is 29.8 Å². The lowest BCUT2D eigenvalue weighted by molar-refractivity contribution is 0.242. The van der Waals surface area contributed by atoms with Crippen molar-refractivity contribution in [2.24, 2.45) is 4.99 Å². The standard InChI is InChI=1S/C19H33N3O3S/c1-6-20-19(22-16(4)12-14-26(5,23)24)21-13-11-17-7-9-18(10-8-17)25-15(2)3/h7-10,15-16H,6,11-14H2,1-5H3,(H2,20,21,22). The van der Waals surface area contributed by atoms with Crippen molar-refractivity contribution in [1.82, 2.24) is 10.6 Å². The highest BCUT2D eigenvalue weighted by atomic mass is 32.2. The summed E-state index contributed by atoms with van der Waals surface area (Å²) in [6.45, 7) is 9.39. The lowest BCUT2D eigenvalue weighted by Crippen LogP contribution is -2.43. The van der Waals surface area contributed by atoms with Gasteiger partial charge in [-0.25, -0.2) is 8.42 Å². The molecule has 0 aliphatic rings. The number of aliphatic imine (C=N–C) groups is 1. The minimum absolute atomic E-state index is 0.0370. The first-order valence-corrected chi connectivity index (χ1v) is 11.2. The predicted molar refractivity (Wildman–Crippen MR) is 109 cm³/mol. The first kappa shape index (κ1) is 22.3. The number of hydrogen-bond donors (Lipinski definition) is 2. The smallest absolute Gasteiger partial charge is 0.191 e. The maximum absolute atomic E-state index is 11.3. The first-order valence-electron chi connectivity index (χ1n) is 9.17. The Kier molecular flexibility index (Phi) is 9.48. The van der Waals surface area contributed by atoms with Crippen LogP contribution in [-0.4, -0.2) is 51.6 Å². The summed E-state index contributed by atoms with van der Waals surface area (Å²) in [7, 11) is -2.94. The van der Waals surface area contributed by atoms with Crippen LogP contribution in [0.4, 0.5) is 0 Å². The van der Waals surface area contributed by atoms with Crippen LogP contribution in [-0.2, 0) is 16.3 Å². The normalized spacial score (nSPS) is 13.5. The maximum atomic E-state index is 11.3. The molecule has 6 nitrogen and oxygen atoms in total. The van der Waals surface area contributed by atoms with Crippen LogP contribution in [0.5, 0.6) is 5.75 Å². The Hall–Kier alpha value is -1.76. The van der Waals surface area contributed by atoms with E-state index >= 15 is 0 Å². The molecule has 0 saturated carbocycles. The molecular weight excluding hydrogens is 350 g/mol. The molecule has 0 aliphatic carbocycles. The number of nitrogens with one attached hydrogen (secondary N) is 2. The van der Waals surface area contributed by atoms with Gasteiger partial charge >= 0.3 is 0 Å². The zero-order valence-corrected chi connectivity index (χ0v) is 17.4. The van der Waals surface area contributed by atoms with Crippen molar-refractivity contribution in [2.75, 3.05) is 25.1 Å². The highest BCUT2D eigenvalue weighted by Gasteiger charge is 2.09. The maximum Gasteiger partial charge on any atom is 0.191 e. The summed E-state index contributed by atoms with van der Waals surface area (Å²) in [6.07, 6.45) is 2.82. The van der Waals surface area contributed by atoms with E-state index in [9.17, 15) is 8.42 Å². The molecule has 0 amide bonds. The molecule has 2 N–H and O–H groups in total. The zero-order valence-electron chi connectivity index (χ0n) is 16.6. The molecule has 1 aromatic rings. The molecule has 0 bridgehead atoms. The number of benzene rings is 1. The van der Waals surface area contributed by atoms with Gasteiger partial charge in [-0.3, -0.25) is 4.99 Å². The second-order valence-electron chi connectivity index (χ2n) is 6.79. The molecule has 148 valence electrons. The van der Waals surface area contributed by atoms with Gasteiger partial charge in [-0.05, 0) is 58.2 Å². The summed E-state index contributed by atoms with van der Waals surface area (Å²) in [4.78, 5) is 4.58. The summed E-state index contributed by atoms with van der Waals surface area (Å²) in [5.74, 6) is 1.76. The predicted octanol–water partition coefficient (Wildman–Crippen LogP) is 2.39. The molecule has 0 saturated heterocycles. The fourth-order valence-corrected chi connectivity index (χ4v) is 3.10. The Morgan fingerprint density at radius 1 is 1.19 bits per heavy atom. The summed E-state index contributed by atoms with van der Waals surface area (Å²) in [5.41, 5.74) is 1.20. The van der Waals surface area contributed by atoms with Crippen LogP contribution in [0.3, 0.4) is 0 Å². The lowest BCUT2D eigenvalue weighted by atomic mass is 10.1. The van der Waals surface area contributed by atoms with Crippen molar-refractivity contribution in [2.45, 2.75) is 52.7 Å². The lowest BCUT2D eigenvalue weighted by Gasteiger charge is -2.17. The second-order valence-corrected chi connectivity index (χ2v) is 9.04. The van der Waals surface area contributed by atoms with Crippen molar-refractivity contribution in [3.63, 3.8) is 0 Å². The molecular formula is C19H33N3O3S. The SMILES string of the molecule is CCNC(=NCCc1ccc(OC(C)C)cc1)NC(C)CCS(C)(=O)=O. The molecule has 1 aromatic carbocycles. The third kappa shape index (κ3) is 10.3. The molecule has 0 radical (unpaired) electrons. The molecule has 0 fully saturated rings. The molecule has 7 heteroatoms. The van der Waals surface area contributed by atoms with Gasteiger partial charge in [0.1, 0.15) is 15.6 Å². The van der Waals surface area contributed by atoms with Crippen molar-refractivity contribution < 1.29 is 13.2 Å². The number of guanidine groups is 1. The summed E-state index contributed by atoms with van der Waals surface area (Å²) >= 11 is 0. The fraction of sp³-hybridized carbons (Fsp3) is 0.632. The van der Waals surface area contributed by atoms with Crippen molar-refractivity contribution in [1.29, 1.82) is 0 Å². The summed E-state index contributed by atoms with van der Waals surface area (Å²) in [6, 6.07) is 8.12. The monoisotopic (exact) mass is 383 g/mol. The van der Waals surface area contributed by atoms with Crippen LogP contribution in [0.2, 0.25) is 0 Å². The number of rotatable bonds is 10. The van der Waals surface area contributed by atoms with E-state index < -0.39 is 9.84 Å². The van der Waals surface area contributed by atoms with Gasteiger partial charge in [0, 0.05) is 25.4 Å². The molecule has 26 heavy (non-hydrogen) atoms. The first-order chi connectivity index (χ1) is 12.2. The Morgan fingerprint density at radius 2 is 1.85 bits per heavy atom. The molecule has 0 aliphatic heterocycles. The van der Waals surface area contributed by atoms with E-state index in [-0.39, 0.29) is 17.9 Å². The quantitative estimate of drug-likeness (QED) is 0.479. The molecule has 0 heterocycles. The van der Waals surface area contributed by atoms with Crippen LogP contribution in [0.1, 0.15) is 39.7 Å². The number of ether oxygens (including phenoxy) is 1. The van der Waals surface area contributed by atoms with Crippen LogP contribution in [0, 0.1) is 0 Å². The van der Waals surface area contributed by atoms with E-state index in [0.29, 0.717) is 18.9 Å². The van der Waals surface area contributed by atoms with Gasteiger partial charge in [0.05, 0.1) is 11.9 Å². The van der Waals surface area contributed by atoms with Crippen LogP contribution >= 0.6 is 0 Å². The van der Waals surface area contributed by atoms with Gasteiger partial charge in [0.15, 0.2) is 5.96 Å². The average molecular weight is 384 g/mol. The Balaban J connectivity index is 2.52. The molecule has 0 aromatic heterocycles. The number of nitrogens with zero attached hydrogens (tertiary/aromatic N) is 1. The van der Waals surface area contributed by atoms with Gasteiger partial charge in [-0.2, -0.15) is 0 Å². The van der Waals surface area contributed by atoms with E-state index in [1.165, 1.54) is 11.8 Å². The summed E-state index contributed by atoms with van der Waals surface area (Å²) < 4.78 is 28.2. The fourth-order valence-electron chi connectivity index (χ4n) is 2.32. The van der Waals surface area contributed by atoms with Crippen LogP contribution < -0.4 is 15.4 Å². The summed E-state index contributed by atoms with van der Waals surface area (Å²) in [5, 5.41) is 6.46. The Bertz CT molecular complexity index is 655. The van der Waals surface area contributed by atoms with Gasteiger partial charge < -0.3 is 15.4 Å². The molecule has 1 rings (SSSR count). The third-order valence-electron chi connectivity index (χ3n) is 3.61. The Labute approximate surface area is 158 Å². The molecule has 1 atom stereocenters. The highest BCUT2D eigenvalue weighted by molar-refractivity contribution is 7.90. The van der Waals surface area contributed by atoms with E-state index in [0.717, 1.165) is 18.7 Å². The zero-order chi connectivity index (χ0) is 19.6. The number of hydrogen-bond acceptors (Lipinski definition) is 4. The van der Waals surface area contributed by atoms with Crippen molar-refractivity contribution >= 4 is 15.8 Å². The minimum Gasteiger partial charge on any atom is -0.491 e. The minimum atomic E-state index is -2.94. The topological polar surface area (TPSA) is 79.8 Å². The third-order valence-corrected chi connectivity index (χ3v) is 4.59. The van der Waals surface area contributed by atoms with Gasteiger partial charge in [0.25, 0.3) is 0 Å². The van der Waals surface area contributed by atoms with E-state index in [1.807, 2.05) is 39.8 Å². The van der Waals surface area contributed by atoms with Gasteiger partial charge in [-0.15, -0.1) is 0 Å². The van der Waals surface area contributed by atoms with Gasteiger partial charge in [0.2, 0.25) is 0 Å². The molecule has 0 spiro atoms. The highest BCUT2D eigenvalue weighted by Crippen LogP contribution is 2.14. The van der Waals surface area contributed by atoms with E-state index in [2.05, 4.69) is 27.8 Å².